The monoisotopic (exact) mass is 471 g/mol. The fraction of sp³-hybridized carbons (Fsp3) is 0.375. The number of carbonyl (C=O) groups excluding carboxylic acids is 3. The van der Waals surface area contributed by atoms with Crippen molar-refractivity contribution in [2.45, 2.75) is 18.3 Å². The molecular formula is C16H17N5O8S2. The molecule has 1 aromatic heterocycles. The average Bonchev–Trinajstić information content (AvgIpc) is 3.21. The largest absolute Gasteiger partial charge is 0.477 e. The van der Waals surface area contributed by atoms with Gasteiger partial charge in [0.05, 0.1) is 0 Å². The Hall–Kier alpha value is -3.17. The van der Waals surface area contributed by atoms with E-state index in [0.717, 1.165) is 16.2 Å². The van der Waals surface area contributed by atoms with Crippen LogP contribution in [0, 0.1) is 0 Å². The summed E-state index contributed by atoms with van der Waals surface area (Å²) in [5.74, 6) is -3.10. The molecule has 166 valence electrons. The van der Waals surface area contributed by atoms with E-state index in [-0.39, 0.29) is 40.2 Å². The fourth-order valence-corrected chi connectivity index (χ4v) is 4.84. The number of carbonyl (C=O) groups is 4. The van der Waals surface area contributed by atoms with Crippen molar-refractivity contribution in [3.63, 3.8) is 0 Å². The summed E-state index contributed by atoms with van der Waals surface area (Å²) < 4.78 is 4.87. The van der Waals surface area contributed by atoms with Gasteiger partial charge in [0.1, 0.15) is 36.5 Å². The summed E-state index contributed by atoms with van der Waals surface area (Å²) in [6.07, 6.45) is 0. The van der Waals surface area contributed by atoms with Crippen LogP contribution in [0.15, 0.2) is 21.8 Å². The van der Waals surface area contributed by atoms with Crippen molar-refractivity contribution in [2.24, 2.45) is 5.16 Å². The van der Waals surface area contributed by atoms with E-state index in [4.69, 9.17) is 9.94 Å². The van der Waals surface area contributed by atoms with Gasteiger partial charge in [-0.05, 0) is 0 Å². The first-order valence-corrected chi connectivity index (χ1v) is 10.5. The van der Waals surface area contributed by atoms with Crippen molar-refractivity contribution in [3.05, 3.63) is 22.3 Å². The smallest absolute Gasteiger partial charge is 0.352 e. The lowest BCUT2D eigenvalue weighted by atomic mass is 10.0. The van der Waals surface area contributed by atoms with Crippen molar-refractivity contribution in [3.8, 4) is 0 Å². The summed E-state index contributed by atoms with van der Waals surface area (Å²) >= 11 is 2.24. The lowest BCUT2D eigenvalue weighted by Gasteiger charge is -2.49. The molecule has 2 aliphatic rings. The molecule has 31 heavy (non-hydrogen) atoms. The number of anilines is 1. The summed E-state index contributed by atoms with van der Waals surface area (Å²) in [4.78, 5) is 57.8. The van der Waals surface area contributed by atoms with Gasteiger partial charge >= 0.3 is 11.9 Å². The Morgan fingerprint density at radius 1 is 1.42 bits per heavy atom. The number of hydrogen-bond acceptors (Lipinski definition) is 12. The second kappa shape index (κ2) is 9.32. The first-order chi connectivity index (χ1) is 14.8. The SMILES string of the molecule is CO/N=C(\C(=O)N[C@@H]1C(=O)N2C(C(=O)O)=C(COC(C)=O)CS[C@H]12)c1csc(NO)n1. The number of esters is 1. The molecule has 1 fully saturated rings. The number of aliphatic carboxylic acids is 1. The zero-order chi connectivity index (χ0) is 22.7. The van der Waals surface area contributed by atoms with E-state index in [1.54, 1.807) is 0 Å². The first kappa shape index (κ1) is 22.5. The maximum Gasteiger partial charge on any atom is 0.352 e. The molecule has 1 saturated heterocycles. The number of nitrogens with zero attached hydrogens (tertiary/aromatic N) is 3. The number of thioether (sulfide) groups is 1. The summed E-state index contributed by atoms with van der Waals surface area (Å²) in [5, 5.41) is 25.5. The molecule has 1 aromatic rings. The van der Waals surface area contributed by atoms with Gasteiger partial charge in [-0.25, -0.2) is 15.3 Å². The molecule has 2 amide bonds. The van der Waals surface area contributed by atoms with Crippen LogP contribution in [-0.4, -0.2) is 80.5 Å². The van der Waals surface area contributed by atoms with Gasteiger partial charge in [-0.3, -0.25) is 24.5 Å². The lowest BCUT2D eigenvalue weighted by Crippen LogP contribution is -2.71. The number of hydrogen-bond donors (Lipinski definition) is 4. The van der Waals surface area contributed by atoms with Gasteiger partial charge in [-0.15, -0.1) is 23.1 Å². The molecular weight excluding hydrogens is 454 g/mol. The molecule has 0 saturated carbocycles. The van der Waals surface area contributed by atoms with Gasteiger partial charge in [-0.2, -0.15) is 0 Å². The van der Waals surface area contributed by atoms with Gasteiger partial charge in [0.15, 0.2) is 5.71 Å². The van der Waals surface area contributed by atoms with Gasteiger partial charge in [0.2, 0.25) is 5.13 Å². The quantitative estimate of drug-likeness (QED) is 0.168. The number of oxime groups is 1. The molecule has 0 spiro atoms. The number of thiazole rings is 1. The molecule has 0 aromatic carbocycles. The van der Waals surface area contributed by atoms with Gasteiger partial charge in [-0.1, -0.05) is 5.16 Å². The standard InChI is InChI=1S/C16H17N5O8S2/c1-6(22)29-3-7-4-30-14-10(13(24)21(14)11(7)15(25)26)18-12(23)9(20-28-2)8-5-31-16(17-8)19-27/h5,10,14,27H,3-4H2,1-2H3,(H,17,19)(H,18,23)(H,25,26)/b20-9-/t10-,14-/m1/s1. The van der Waals surface area contributed by atoms with Crippen LogP contribution in [0.2, 0.25) is 0 Å². The summed E-state index contributed by atoms with van der Waals surface area (Å²) in [7, 11) is 1.23. The average molecular weight is 471 g/mol. The summed E-state index contributed by atoms with van der Waals surface area (Å²) in [6.45, 7) is 0.953. The highest BCUT2D eigenvalue weighted by Gasteiger charge is 2.54. The normalized spacial score (nSPS) is 20.5. The van der Waals surface area contributed by atoms with Gasteiger partial charge in [0.25, 0.3) is 11.8 Å². The molecule has 0 unspecified atom stereocenters. The van der Waals surface area contributed by atoms with Crippen LogP contribution in [-0.2, 0) is 28.8 Å². The van der Waals surface area contributed by atoms with Gasteiger partial charge < -0.3 is 20.0 Å². The van der Waals surface area contributed by atoms with Crippen molar-refractivity contribution in [2.75, 3.05) is 24.9 Å². The molecule has 2 atom stereocenters. The molecule has 0 radical (unpaired) electrons. The van der Waals surface area contributed by atoms with E-state index in [1.165, 1.54) is 31.2 Å². The van der Waals surface area contributed by atoms with E-state index in [1.807, 2.05) is 5.48 Å². The molecule has 3 rings (SSSR count). The highest BCUT2D eigenvalue weighted by atomic mass is 32.2. The molecule has 4 N–H and O–H groups in total. The van der Waals surface area contributed by atoms with Crippen LogP contribution in [0.1, 0.15) is 12.6 Å². The van der Waals surface area contributed by atoms with Crippen molar-refractivity contribution in [1.29, 1.82) is 0 Å². The third kappa shape index (κ3) is 4.47. The lowest BCUT2D eigenvalue weighted by molar-refractivity contribution is -0.150. The summed E-state index contributed by atoms with van der Waals surface area (Å²) in [5.41, 5.74) is 1.76. The molecule has 2 aliphatic heterocycles. The molecule has 0 aliphatic carbocycles. The Labute approximate surface area is 183 Å². The number of carboxylic acid groups (broad SMARTS) is 1. The Morgan fingerprint density at radius 3 is 2.74 bits per heavy atom. The number of rotatable bonds is 8. The Balaban J connectivity index is 1.77. The van der Waals surface area contributed by atoms with E-state index in [0.29, 0.717) is 0 Å². The minimum atomic E-state index is -1.33. The zero-order valence-electron chi connectivity index (χ0n) is 16.1. The second-order valence-corrected chi connectivity index (χ2v) is 8.13. The molecule has 3 heterocycles. The van der Waals surface area contributed by atoms with Crippen molar-refractivity contribution in [1.82, 2.24) is 15.2 Å². The van der Waals surface area contributed by atoms with Crippen molar-refractivity contribution < 1.29 is 39.1 Å². The van der Waals surface area contributed by atoms with E-state index < -0.39 is 35.2 Å². The number of β-lactam (4-membered cyclic amide) rings is 1. The Bertz CT molecular complexity index is 990. The minimum absolute atomic E-state index is 0.107. The summed E-state index contributed by atoms with van der Waals surface area (Å²) in [6, 6.07) is -1.00. The molecule has 13 nitrogen and oxygen atoms in total. The zero-order valence-corrected chi connectivity index (χ0v) is 17.8. The Kier molecular flexibility index (Phi) is 6.77. The first-order valence-electron chi connectivity index (χ1n) is 8.59. The third-order valence-electron chi connectivity index (χ3n) is 4.23. The van der Waals surface area contributed by atoms with Gasteiger partial charge in [0, 0.05) is 23.6 Å². The van der Waals surface area contributed by atoms with E-state index >= 15 is 0 Å². The van der Waals surface area contributed by atoms with Crippen LogP contribution in [0.4, 0.5) is 5.13 Å². The number of ether oxygens (including phenoxy) is 1. The Morgan fingerprint density at radius 2 is 2.16 bits per heavy atom. The predicted octanol–water partition coefficient (Wildman–Crippen LogP) is -0.404. The predicted molar refractivity (Wildman–Crippen MR) is 107 cm³/mol. The fourth-order valence-electron chi connectivity index (χ4n) is 2.92. The topological polar surface area (TPSA) is 180 Å². The van der Waals surface area contributed by atoms with Crippen LogP contribution >= 0.6 is 23.1 Å². The third-order valence-corrected chi connectivity index (χ3v) is 6.31. The maximum absolute atomic E-state index is 12.7. The number of fused-ring (bicyclic) bond motifs is 1. The van der Waals surface area contributed by atoms with E-state index in [9.17, 15) is 24.3 Å². The van der Waals surface area contributed by atoms with Crippen LogP contribution < -0.4 is 10.8 Å². The highest BCUT2D eigenvalue weighted by molar-refractivity contribution is 8.00. The van der Waals surface area contributed by atoms with Crippen molar-refractivity contribution >= 4 is 57.7 Å². The molecule has 15 heteroatoms. The van der Waals surface area contributed by atoms with Crippen LogP contribution in [0.3, 0.4) is 0 Å². The molecule has 0 bridgehead atoms. The van der Waals surface area contributed by atoms with Crippen LogP contribution in [0.25, 0.3) is 0 Å². The minimum Gasteiger partial charge on any atom is -0.477 e. The highest BCUT2D eigenvalue weighted by Crippen LogP contribution is 2.40. The van der Waals surface area contributed by atoms with Crippen LogP contribution in [0.5, 0.6) is 0 Å². The van der Waals surface area contributed by atoms with E-state index in [2.05, 4.69) is 20.3 Å². The number of nitrogens with one attached hydrogen (secondary N) is 2. The number of carboxylic acids is 1. The maximum atomic E-state index is 12.7. The number of aromatic nitrogens is 1. The number of amides is 2. The second-order valence-electron chi connectivity index (χ2n) is 6.17.